The van der Waals surface area contributed by atoms with Gasteiger partial charge in [-0.15, -0.1) is 0 Å². The fraction of sp³-hybridized carbons (Fsp3) is 0.455. The number of benzene rings is 1. The average molecular weight is 215 g/mol. The summed E-state index contributed by atoms with van der Waals surface area (Å²) in [6, 6.07) is 4.19. The van der Waals surface area contributed by atoms with E-state index in [4.69, 9.17) is 0 Å². The first-order valence-electron chi connectivity index (χ1n) is 4.97. The Morgan fingerprint density at radius 2 is 2.13 bits per heavy atom. The van der Waals surface area contributed by atoms with Crippen LogP contribution in [0.1, 0.15) is 29.9 Å². The van der Waals surface area contributed by atoms with E-state index in [2.05, 4.69) is 5.32 Å². The summed E-state index contributed by atoms with van der Waals surface area (Å²) in [6.45, 7) is 1.47. The van der Waals surface area contributed by atoms with E-state index >= 15 is 0 Å². The lowest BCUT2D eigenvalue weighted by atomic mass is 9.93. The van der Waals surface area contributed by atoms with Gasteiger partial charge in [-0.25, -0.2) is 13.2 Å². The third kappa shape index (κ3) is 2.00. The van der Waals surface area contributed by atoms with Gasteiger partial charge in [0.1, 0.15) is 5.82 Å². The van der Waals surface area contributed by atoms with Gasteiger partial charge in [0.05, 0.1) is 5.56 Å². The van der Waals surface area contributed by atoms with Gasteiger partial charge in [-0.1, -0.05) is 12.1 Å². The highest BCUT2D eigenvalue weighted by molar-refractivity contribution is 5.33. The van der Waals surface area contributed by atoms with E-state index < -0.39 is 17.8 Å². The molecule has 1 aliphatic heterocycles. The predicted molar refractivity (Wildman–Crippen MR) is 51.6 cm³/mol. The Bertz CT molecular complexity index is 346. The molecule has 0 radical (unpaired) electrons. The summed E-state index contributed by atoms with van der Waals surface area (Å²) >= 11 is 0. The van der Waals surface area contributed by atoms with Crippen molar-refractivity contribution >= 4 is 0 Å². The van der Waals surface area contributed by atoms with Crippen molar-refractivity contribution in [3.63, 3.8) is 0 Å². The molecule has 1 fully saturated rings. The lowest BCUT2D eigenvalue weighted by molar-refractivity contribution is 0.144. The molecule has 1 heterocycles. The van der Waals surface area contributed by atoms with Crippen LogP contribution in [0.25, 0.3) is 0 Å². The number of hydrogen-bond donors (Lipinski definition) is 1. The highest BCUT2D eigenvalue weighted by Crippen LogP contribution is 2.33. The Morgan fingerprint density at radius 1 is 1.33 bits per heavy atom. The molecule has 1 aromatic rings. The number of nitrogens with one attached hydrogen (secondary N) is 1. The van der Waals surface area contributed by atoms with E-state index in [-0.39, 0.29) is 5.92 Å². The molecule has 0 aromatic heterocycles. The van der Waals surface area contributed by atoms with Crippen LogP contribution in [0.2, 0.25) is 0 Å². The number of alkyl halides is 2. The SMILES string of the molecule is Fc1cccc(C2CCNC2)c1C(F)F. The molecule has 1 saturated heterocycles. The second-order valence-electron chi connectivity index (χ2n) is 3.73. The van der Waals surface area contributed by atoms with Crippen LogP contribution < -0.4 is 5.32 Å². The first kappa shape index (κ1) is 10.5. The summed E-state index contributed by atoms with van der Waals surface area (Å²) in [5, 5.41) is 3.09. The van der Waals surface area contributed by atoms with Gasteiger partial charge >= 0.3 is 0 Å². The zero-order valence-corrected chi connectivity index (χ0v) is 8.14. The van der Waals surface area contributed by atoms with Gasteiger partial charge in [0.15, 0.2) is 0 Å². The molecule has 0 aliphatic carbocycles. The quantitative estimate of drug-likeness (QED) is 0.799. The van der Waals surface area contributed by atoms with Crippen molar-refractivity contribution in [1.29, 1.82) is 0 Å². The minimum absolute atomic E-state index is 0.0182. The topological polar surface area (TPSA) is 12.0 Å². The van der Waals surface area contributed by atoms with Crippen molar-refractivity contribution < 1.29 is 13.2 Å². The molecule has 1 unspecified atom stereocenters. The van der Waals surface area contributed by atoms with E-state index in [0.717, 1.165) is 19.0 Å². The molecule has 2 rings (SSSR count). The molecule has 0 bridgehead atoms. The van der Waals surface area contributed by atoms with Crippen LogP contribution in [0.5, 0.6) is 0 Å². The lowest BCUT2D eigenvalue weighted by Crippen LogP contribution is -2.10. The van der Waals surface area contributed by atoms with E-state index in [1.807, 2.05) is 0 Å². The molecule has 1 atom stereocenters. The molecule has 15 heavy (non-hydrogen) atoms. The summed E-state index contributed by atoms with van der Waals surface area (Å²) < 4.78 is 38.6. The van der Waals surface area contributed by atoms with Crippen molar-refractivity contribution in [3.05, 3.63) is 35.1 Å². The molecular formula is C11H12F3N. The third-order valence-electron chi connectivity index (χ3n) is 2.80. The molecule has 0 amide bonds. The molecule has 1 N–H and O–H groups in total. The standard InChI is InChI=1S/C11H12F3N/c12-9-3-1-2-8(10(9)11(13)14)7-4-5-15-6-7/h1-3,7,11,15H,4-6H2. The summed E-state index contributed by atoms with van der Waals surface area (Å²) in [4.78, 5) is 0. The van der Waals surface area contributed by atoms with Crippen LogP contribution in [0.4, 0.5) is 13.2 Å². The monoisotopic (exact) mass is 215 g/mol. The van der Waals surface area contributed by atoms with Gasteiger partial charge in [-0.05, 0) is 30.5 Å². The normalized spacial score (nSPS) is 21.2. The van der Waals surface area contributed by atoms with Crippen LogP contribution in [-0.2, 0) is 0 Å². The largest absolute Gasteiger partial charge is 0.316 e. The Hall–Kier alpha value is -1.03. The van der Waals surface area contributed by atoms with Crippen molar-refractivity contribution in [2.45, 2.75) is 18.8 Å². The Balaban J connectivity index is 2.40. The van der Waals surface area contributed by atoms with Crippen molar-refractivity contribution in [3.8, 4) is 0 Å². The zero-order valence-electron chi connectivity index (χ0n) is 8.14. The van der Waals surface area contributed by atoms with Crippen LogP contribution >= 0.6 is 0 Å². The minimum Gasteiger partial charge on any atom is -0.316 e. The van der Waals surface area contributed by atoms with Crippen LogP contribution in [-0.4, -0.2) is 13.1 Å². The first-order chi connectivity index (χ1) is 7.20. The van der Waals surface area contributed by atoms with Crippen LogP contribution in [0.15, 0.2) is 18.2 Å². The molecular weight excluding hydrogens is 203 g/mol. The van der Waals surface area contributed by atoms with E-state index in [1.54, 1.807) is 6.07 Å². The second-order valence-corrected chi connectivity index (χ2v) is 3.73. The van der Waals surface area contributed by atoms with Crippen LogP contribution in [0, 0.1) is 5.82 Å². The molecule has 4 heteroatoms. The Morgan fingerprint density at radius 3 is 2.73 bits per heavy atom. The summed E-state index contributed by atoms with van der Waals surface area (Å²) in [5.41, 5.74) is 0.0289. The third-order valence-corrected chi connectivity index (χ3v) is 2.80. The second kappa shape index (κ2) is 4.23. The zero-order chi connectivity index (χ0) is 10.8. The van der Waals surface area contributed by atoms with Gasteiger partial charge in [-0.3, -0.25) is 0 Å². The maximum absolute atomic E-state index is 13.3. The molecule has 1 aromatic carbocycles. The van der Waals surface area contributed by atoms with Gasteiger partial charge in [-0.2, -0.15) is 0 Å². The lowest BCUT2D eigenvalue weighted by Gasteiger charge is -2.14. The van der Waals surface area contributed by atoms with E-state index in [1.165, 1.54) is 6.07 Å². The van der Waals surface area contributed by atoms with Gasteiger partial charge in [0, 0.05) is 6.54 Å². The van der Waals surface area contributed by atoms with E-state index in [9.17, 15) is 13.2 Å². The number of halogens is 3. The maximum atomic E-state index is 13.3. The fourth-order valence-corrected chi connectivity index (χ4v) is 2.06. The maximum Gasteiger partial charge on any atom is 0.266 e. The van der Waals surface area contributed by atoms with Crippen molar-refractivity contribution in [2.24, 2.45) is 0 Å². The summed E-state index contributed by atoms with van der Waals surface area (Å²) in [6.07, 6.45) is -1.94. The van der Waals surface area contributed by atoms with Gasteiger partial charge < -0.3 is 5.32 Å². The number of rotatable bonds is 2. The Labute approximate surface area is 86.3 Å². The van der Waals surface area contributed by atoms with Crippen LogP contribution in [0.3, 0.4) is 0 Å². The fourth-order valence-electron chi connectivity index (χ4n) is 2.06. The number of hydrogen-bond acceptors (Lipinski definition) is 1. The van der Waals surface area contributed by atoms with Gasteiger partial charge in [0.2, 0.25) is 0 Å². The molecule has 0 spiro atoms. The molecule has 1 nitrogen and oxygen atoms in total. The summed E-state index contributed by atoms with van der Waals surface area (Å²) in [7, 11) is 0. The van der Waals surface area contributed by atoms with E-state index in [0.29, 0.717) is 12.1 Å². The summed E-state index contributed by atoms with van der Waals surface area (Å²) in [5.74, 6) is -0.779. The highest BCUT2D eigenvalue weighted by Gasteiger charge is 2.25. The van der Waals surface area contributed by atoms with Gasteiger partial charge in [0.25, 0.3) is 6.43 Å². The highest BCUT2D eigenvalue weighted by atomic mass is 19.3. The first-order valence-corrected chi connectivity index (χ1v) is 4.97. The molecule has 0 saturated carbocycles. The van der Waals surface area contributed by atoms with Crippen molar-refractivity contribution in [2.75, 3.05) is 13.1 Å². The minimum atomic E-state index is -2.73. The molecule has 82 valence electrons. The van der Waals surface area contributed by atoms with Crippen molar-refractivity contribution in [1.82, 2.24) is 5.32 Å². The smallest absolute Gasteiger partial charge is 0.266 e. The molecule has 1 aliphatic rings. The predicted octanol–water partition coefficient (Wildman–Crippen LogP) is 2.84. The Kier molecular flexibility index (Phi) is 2.95. The average Bonchev–Trinajstić information content (AvgIpc) is 2.69.